The largest absolute Gasteiger partial charge is 0.357 e. The average Bonchev–Trinajstić information content (AvgIpc) is 3.09. The van der Waals surface area contributed by atoms with Crippen LogP contribution >= 0.6 is 0 Å². The minimum atomic E-state index is 0.255. The number of aryl methyl sites for hydroxylation is 1. The van der Waals surface area contributed by atoms with E-state index in [1.54, 1.807) is 0 Å². The number of hydrogen-bond donors (Lipinski definition) is 0. The SMILES string of the molecule is Cn1ccc(C(=O)CN2CCC(N3CCCCC3)C2)c1. The fraction of sp³-hybridized carbons (Fsp3) is 0.688. The zero-order valence-electron chi connectivity index (χ0n) is 12.4. The molecule has 4 heteroatoms. The van der Waals surface area contributed by atoms with Crippen molar-refractivity contribution in [3.63, 3.8) is 0 Å². The molecule has 0 N–H and O–H groups in total. The van der Waals surface area contributed by atoms with Crippen LogP contribution in [0.3, 0.4) is 0 Å². The summed E-state index contributed by atoms with van der Waals surface area (Å²) in [6.45, 7) is 5.23. The normalized spacial score (nSPS) is 25.1. The van der Waals surface area contributed by atoms with Gasteiger partial charge in [-0.15, -0.1) is 0 Å². The van der Waals surface area contributed by atoms with Gasteiger partial charge in [-0.2, -0.15) is 0 Å². The molecule has 2 aliphatic heterocycles. The molecule has 2 fully saturated rings. The zero-order valence-corrected chi connectivity index (χ0v) is 12.4. The molecule has 3 heterocycles. The third-order valence-corrected chi connectivity index (χ3v) is 4.68. The van der Waals surface area contributed by atoms with E-state index in [0.29, 0.717) is 12.6 Å². The third kappa shape index (κ3) is 3.13. The van der Waals surface area contributed by atoms with Crippen molar-refractivity contribution < 1.29 is 4.79 Å². The maximum atomic E-state index is 12.2. The van der Waals surface area contributed by atoms with E-state index in [4.69, 9.17) is 0 Å². The van der Waals surface area contributed by atoms with Gasteiger partial charge in [-0.1, -0.05) is 6.42 Å². The minimum Gasteiger partial charge on any atom is -0.357 e. The minimum absolute atomic E-state index is 0.255. The van der Waals surface area contributed by atoms with E-state index >= 15 is 0 Å². The molecule has 0 bridgehead atoms. The van der Waals surface area contributed by atoms with Gasteiger partial charge in [-0.3, -0.25) is 14.6 Å². The fourth-order valence-corrected chi connectivity index (χ4v) is 3.50. The molecule has 20 heavy (non-hydrogen) atoms. The van der Waals surface area contributed by atoms with E-state index in [-0.39, 0.29) is 5.78 Å². The summed E-state index contributed by atoms with van der Waals surface area (Å²) in [5.74, 6) is 0.255. The first kappa shape index (κ1) is 13.8. The van der Waals surface area contributed by atoms with Crippen LogP contribution < -0.4 is 0 Å². The number of hydrogen-bond acceptors (Lipinski definition) is 3. The Kier molecular flexibility index (Phi) is 4.22. The third-order valence-electron chi connectivity index (χ3n) is 4.68. The number of carbonyl (C=O) groups excluding carboxylic acids is 1. The van der Waals surface area contributed by atoms with Crippen LogP contribution in [0.2, 0.25) is 0 Å². The molecule has 2 saturated heterocycles. The molecule has 110 valence electrons. The van der Waals surface area contributed by atoms with Crippen LogP contribution in [-0.2, 0) is 7.05 Å². The van der Waals surface area contributed by atoms with Crippen molar-refractivity contribution in [1.82, 2.24) is 14.4 Å². The molecule has 0 radical (unpaired) electrons. The highest BCUT2D eigenvalue weighted by Gasteiger charge is 2.29. The standard InChI is InChI=1S/C16H25N3O/c1-17-9-5-14(11-17)16(20)13-18-10-6-15(12-18)19-7-3-2-4-8-19/h5,9,11,15H,2-4,6-8,10,12-13H2,1H3. The highest BCUT2D eigenvalue weighted by molar-refractivity contribution is 5.97. The maximum absolute atomic E-state index is 12.2. The predicted molar refractivity (Wildman–Crippen MR) is 80.0 cm³/mol. The first-order valence-electron chi connectivity index (χ1n) is 7.84. The second-order valence-corrected chi connectivity index (χ2v) is 6.26. The van der Waals surface area contributed by atoms with Crippen molar-refractivity contribution in [3.05, 3.63) is 24.0 Å². The van der Waals surface area contributed by atoms with Gasteiger partial charge in [0.1, 0.15) is 0 Å². The van der Waals surface area contributed by atoms with Crippen molar-refractivity contribution in [2.24, 2.45) is 7.05 Å². The summed E-state index contributed by atoms with van der Waals surface area (Å²) in [6, 6.07) is 2.60. The highest BCUT2D eigenvalue weighted by atomic mass is 16.1. The highest BCUT2D eigenvalue weighted by Crippen LogP contribution is 2.20. The van der Waals surface area contributed by atoms with Crippen LogP contribution in [0, 0.1) is 0 Å². The number of carbonyl (C=O) groups is 1. The molecule has 1 aromatic rings. The van der Waals surface area contributed by atoms with Crippen molar-refractivity contribution in [1.29, 1.82) is 0 Å². The van der Waals surface area contributed by atoms with Gasteiger partial charge in [0.05, 0.1) is 6.54 Å². The first-order valence-corrected chi connectivity index (χ1v) is 7.84. The summed E-state index contributed by atoms with van der Waals surface area (Å²) < 4.78 is 1.94. The van der Waals surface area contributed by atoms with Crippen molar-refractivity contribution in [3.8, 4) is 0 Å². The lowest BCUT2D eigenvalue weighted by Crippen LogP contribution is -2.41. The number of rotatable bonds is 4. The lowest BCUT2D eigenvalue weighted by Gasteiger charge is -2.32. The summed E-state index contributed by atoms with van der Waals surface area (Å²) in [7, 11) is 1.96. The first-order chi connectivity index (χ1) is 9.72. The number of nitrogens with zero attached hydrogens (tertiary/aromatic N) is 3. The summed E-state index contributed by atoms with van der Waals surface area (Å²) in [6.07, 6.45) is 9.16. The number of ketones is 1. The predicted octanol–water partition coefficient (Wildman–Crippen LogP) is 1.77. The van der Waals surface area contributed by atoms with Gasteiger partial charge in [0, 0.05) is 44.1 Å². The number of likely N-dealkylation sites (tertiary alicyclic amines) is 2. The van der Waals surface area contributed by atoms with Crippen molar-refractivity contribution in [2.75, 3.05) is 32.7 Å². The lowest BCUT2D eigenvalue weighted by molar-refractivity contribution is 0.0936. The van der Waals surface area contributed by atoms with Crippen LogP contribution in [0.4, 0.5) is 0 Å². The van der Waals surface area contributed by atoms with Crippen molar-refractivity contribution >= 4 is 5.78 Å². The van der Waals surface area contributed by atoms with Gasteiger partial charge >= 0.3 is 0 Å². The second kappa shape index (κ2) is 6.10. The van der Waals surface area contributed by atoms with Gasteiger partial charge in [-0.25, -0.2) is 0 Å². The Labute approximate surface area is 121 Å². The van der Waals surface area contributed by atoms with Gasteiger partial charge in [0.25, 0.3) is 0 Å². The van der Waals surface area contributed by atoms with Crippen LogP contribution in [0.25, 0.3) is 0 Å². The Hall–Kier alpha value is -1.13. The lowest BCUT2D eigenvalue weighted by atomic mass is 10.1. The Balaban J connectivity index is 1.51. The van der Waals surface area contributed by atoms with E-state index in [9.17, 15) is 4.79 Å². The van der Waals surface area contributed by atoms with E-state index < -0.39 is 0 Å². The van der Waals surface area contributed by atoms with Crippen LogP contribution in [0.5, 0.6) is 0 Å². The number of aromatic nitrogens is 1. The van der Waals surface area contributed by atoms with Crippen LogP contribution in [0.1, 0.15) is 36.0 Å². The molecule has 0 spiro atoms. The number of piperidine rings is 1. The Morgan fingerprint density at radius 2 is 2.05 bits per heavy atom. The second-order valence-electron chi connectivity index (χ2n) is 6.26. The molecule has 3 rings (SSSR count). The van der Waals surface area contributed by atoms with Gasteiger partial charge in [0.2, 0.25) is 0 Å². The molecular formula is C16H25N3O. The Morgan fingerprint density at radius 1 is 1.25 bits per heavy atom. The molecule has 1 aromatic heterocycles. The summed E-state index contributed by atoms with van der Waals surface area (Å²) in [5, 5.41) is 0. The molecule has 0 amide bonds. The van der Waals surface area contributed by atoms with E-state index in [0.717, 1.165) is 18.7 Å². The molecule has 0 aromatic carbocycles. The van der Waals surface area contributed by atoms with E-state index in [2.05, 4.69) is 9.80 Å². The molecule has 1 atom stereocenters. The van der Waals surface area contributed by atoms with Crippen LogP contribution in [0.15, 0.2) is 18.5 Å². The fourth-order valence-electron chi connectivity index (χ4n) is 3.50. The molecular weight excluding hydrogens is 250 g/mol. The van der Waals surface area contributed by atoms with E-state index in [1.165, 1.54) is 38.8 Å². The average molecular weight is 275 g/mol. The zero-order chi connectivity index (χ0) is 13.9. The smallest absolute Gasteiger partial charge is 0.178 e. The van der Waals surface area contributed by atoms with Crippen LogP contribution in [-0.4, -0.2) is 58.9 Å². The topological polar surface area (TPSA) is 28.5 Å². The Bertz CT molecular complexity index is 462. The van der Waals surface area contributed by atoms with Gasteiger partial charge < -0.3 is 4.57 Å². The van der Waals surface area contributed by atoms with E-state index in [1.807, 2.05) is 30.1 Å². The maximum Gasteiger partial charge on any atom is 0.178 e. The molecule has 0 saturated carbocycles. The monoisotopic (exact) mass is 275 g/mol. The van der Waals surface area contributed by atoms with Gasteiger partial charge in [-0.05, 0) is 38.4 Å². The summed E-state index contributed by atoms with van der Waals surface area (Å²) in [4.78, 5) is 17.2. The summed E-state index contributed by atoms with van der Waals surface area (Å²) in [5.41, 5.74) is 0.842. The molecule has 4 nitrogen and oxygen atoms in total. The number of Topliss-reactive ketones (excluding diaryl/α,β-unsaturated/α-hetero) is 1. The molecule has 2 aliphatic rings. The summed E-state index contributed by atoms with van der Waals surface area (Å²) >= 11 is 0. The van der Waals surface area contributed by atoms with Gasteiger partial charge in [0.15, 0.2) is 5.78 Å². The van der Waals surface area contributed by atoms with Crippen molar-refractivity contribution in [2.45, 2.75) is 31.7 Å². The quantitative estimate of drug-likeness (QED) is 0.784. The molecule has 0 aliphatic carbocycles. The molecule has 1 unspecified atom stereocenters. The Morgan fingerprint density at radius 3 is 2.75 bits per heavy atom.